The Kier molecular flexibility index (Phi) is 6.19. The normalized spacial score (nSPS) is 18.0. The highest BCUT2D eigenvalue weighted by Gasteiger charge is 2.30. The number of carbonyl (C=O) groups excluding carboxylic acids is 1. The predicted molar refractivity (Wildman–Crippen MR) is 110 cm³/mol. The number of aliphatic hydroxyl groups is 2. The van der Waals surface area contributed by atoms with Crippen molar-refractivity contribution in [1.82, 2.24) is 19.9 Å². The lowest BCUT2D eigenvalue weighted by atomic mass is 10.0. The Labute approximate surface area is 182 Å². The van der Waals surface area contributed by atoms with Gasteiger partial charge in [0, 0.05) is 18.3 Å². The van der Waals surface area contributed by atoms with E-state index in [0.29, 0.717) is 18.8 Å². The van der Waals surface area contributed by atoms with Crippen molar-refractivity contribution < 1.29 is 28.5 Å². The SMILES string of the molecule is C[C@@H](O)[C@H](CO)NC(=O)Oc1cnn2ccc(N3CCC[C@@H]3c3cc(F)ccc3F)nc12. The number of aromatic nitrogens is 3. The zero-order valence-corrected chi connectivity index (χ0v) is 17.3. The lowest BCUT2D eigenvalue weighted by Crippen LogP contribution is -2.45. The summed E-state index contributed by atoms with van der Waals surface area (Å²) in [5, 5.41) is 25.3. The highest BCUT2D eigenvalue weighted by molar-refractivity contribution is 5.73. The number of fused-ring (bicyclic) bond motifs is 1. The third-order valence-corrected chi connectivity index (χ3v) is 5.47. The van der Waals surface area contributed by atoms with Gasteiger partial charge in [0.2, 0.25) is 5.65 Å². The Hall–Kier alpha value is -3.31. The molecule has 0 bridgehead atoms. The number of nitrogens with zero attached hydrogens (tertiary/aromatic N) is 4. The number of rotatable bonds is 6. The topological polar surface area (TPSA) is 112 Å². The Morgan fingerprint density at radius 2 is 2.19 bits per heavy atom. The molecule has 9 nitrogen and oxygen atoms in total. The van der Waals surface area contributed by atoms with Crippen LogP contribution < -0.4 is 15.0 Å². The summed E-state index contributed by atoms with van der Waals surface area (Å²) in [5.74, 6) is -0.413. The van der Waals surface area contributed by atoms with Gasteiger partial charge in [0.05, 0.1) is 31.0 Å². The van der Waals surface area contributed by atoms with Crippen LogP contribution in [-0.2, 0) is 0 Å². The molecule has 3 atom stereocenters. The van der Waals surface area contributed by atoms with Crippen molar-refractivity contribution in [2.24, 2.45) is 0 Å². The molecule has 1 fully saturated rings. The van der Waals surface area contributed by atoms with Crippen LogP contribution in [0.4, 0.5) is 19.4 Å². The fourth-order valence-electron chi connectivity index (χ4n) is 3.80. The van der Waals surface area contributed by atoms with Crippen LogP contribution in [0.15, 0.2) is 36.7 Å². The highest BCUT2D eigenvalue weighted by Crippen LogP contribution is 2.37. The average molecular weight is 447 g/mol. The molecule has 1 amide bonds. The molecule has 1 aliphatic rings. The van der Waals surface area contributed by atoms with Gasteiger partial charge < -0.3 is 25.2 Å². The minimum atomic E-state index is -0.975. The molecule has 3 heterocycles. The quantitative estimate of drug-likeness (QED) is 0.531. The van der Waals surface area contributed by atoms with Gasteiger partial charge in [-0.3, -0.25) is 0 Å². The minimum absolute atomic E-state index is 0.0688. The van der Waals surface area contributed by atoms with Crippen LogP contribution in [0.25, 0.3) is 5.65 Å². The van der Waals surface area contributed by atoms with Gasteiger partial charge in [-0.15, -0.1) is 0 Å². The summed E-state index contributed by atoms with van der Waals surface area (Å²) in [6, 6.07) is 3.84. The smallest absolute Gasteiger partial charge is 0.405 e. The van der Waals surface area contributed by atoms with E-state index in [1.54, 1.807) is 12.3 Å². The van der Waals surface area contributed by atoms with Gasteiger partial charge in [-0.2, -0.15) is 5.10 Å². The van der Waals surface area contributed by atoms with Crippen LogP contribution in [0.1, 0.15) is 31.4 Å². The first-order chi connectivity index (χ1) is 15.4. The molecule has 1 aromatic carbocycles. The third-order valence-electron chi connectivity index (χ3n) is 5.47. The van der Waals surface area contributed by atoms with E-state index in [9.17, 15) is 23.8 Å². The Morgan fingerprint density at radius 3 is 2.94 bits per heavy atom. The zero-order valence-electron chi connectivity index (χ0n) is 17.3. The Morgan fingerprint density at radius 1 is 1.38 bits per heavy atom. The van der Waals surface area contributed by atoms with Crippen molar-refractivity contribution in [3.63, 3.8) is 0 Å². The maximum absolute atomic E-state index is 14.4. The van der Waals surface area contributed by atoms with Gasteiger partial charge in [-0.05, 0) is 44.0 Å². The summed E-state index contributed by atoms with van der Waals surface area (Å²) < 4.78 is 34.8. The summed E-state index contributed by atoms with van der Waals surface area (Å²) in [7, 11) is 0. The largest absolute Gasteiger partial charge is 0.413 e. The number of hydrogen-bond acceptors (Lipinski definition) is 7. The van der Waals surface area contributed by atoms with Crippen LogP contribution in [-0.4, -0.2) is 56.2 Å². The van der Waals surface area contributed by atoms with E-state index < -0.39 is 36.5 Å². The summed E-state index contributed by atoms with van der Waals surface area (Å²) in [6.45, 7) is 1.57. The number of amides is 1. The summed E-state index contributed by atoms with van der Waals surface area (Å²) in [5.41, 5.74) is 0.516. The first-order valence-electron chi connectivity index (χ1n) is 10.2. The average Bonchev–Trinajstić information content (AvgIpc) is 3.40. The van der Waals surface area contributed by atoms with Crippen LogP contribution in [0.2, 0.25) is 0 Å². The predicted octanol–water partition coefficient (Wildman–Crippen LogP) is 2.18. The number of ether oxygens (including phenoxy) is 1. The molecule has 1 saturated heterocycles. The fourth-order valence-corrected chi connectivity index (χ4v) is 3.80. The Balaban J connectivity index is 1.59. The summed E-state index contributed by atoms with van der Waals surface area (Å²) in [6.07, 6.45) is 2.51. The second-order valence-corrected chi connectivity index (χ2v) is 7.64. The van der Waals surface area contributed by atoms with E-state index in [1.807, 2.05) is 4.90 Å². The van der Waals surface area contributed by atoms with Crippen LogP contribution >= 0.6 is 0 Å². The second kappa shape index (κ2) is 9.05. The van der Waals surface area contributed by atoms with Crippen molar-refractivity contribution in [2.45, 2.75) is 38.0 Å². The van der Waals surface area contributed by atoms with E-state index >= 15 is 0 Å². The molecular formula is C21H23F2N5O4. The number of hydrogen-bond donors (Lipinski definition) is 3. The molecule has 3 aromatic rings. The molecule has 3 N–H and O–H groups in total. The van der Waals surface area contributed by atoms with E-state index in [4.69, 9.17) is 4.74 Å². The second-order valence-electron chi connectivity index (χ2n) is 7.64. The van der Waals surface area contributed by atoms with E-state index in [0.717, 1.165) is 18.6 Å². The van der Waals surface area contributed by atoms with E-state index in [-0.39, 0.29) is 23.0 Å². The highest BCUT2D eigenvalue weighted by atomic mass is 19.1. The number of halogens is 2. The molecular weight excluding hydrogens is 424 g/mol. The fraction of sp³-hybridized carbons (Fsp3) is 0.381. The van der Waals surface area contributed by atoms with Gasteiger partial charge in [-0.25, -0.2) is 23.1 Å². The maximum Gasteiger partial charge on any atom is 0.413 e. The number of nitrogens with one attached hydrogen (secondary N) is 1. The Bertz CT molecular complexity index is 1120. The molecule has 32 heavy (non-hydrogen) atoms. The van der Waals surface area contributed by atoms with Crippen molar-refractivity contribution in [2.75, 3.05) is 18.1 Å². The standard InChI is InChI=1S/C21H23F2N5O4/c1-12(30)16(11-29)25-21(31)32-18-10-24-28-8-6-19(26-20(18)28)27-7-2-3-17(27)14-9-13(22)4-5-15(14)23/h4-6,8-10,12,16-17,29-30H,2-3,7,11H2,1H3,(H,25,31)/t12-,16+,17-/m1/s1. The van der Waals surface area contributed by atoms with Gasteiger partial charge in [-0.1, -0.05) is 0 Å². The lowest BCUT2D eigenvalue weighted by Gasteiger charge is -2.26. The van der Waals surface area contributed by atoms with Crippen LogP contribution in [0.3, 0.4) is 0 Å². The maximum atomic E-state index is 14.4. The summed E-state index contributed by atoms with van der Waals surface area (Å²) >= 11 is 0. The van der Waals surface area contributed by atoms with Gasteiger partial charge in [0.1, 0.15) is 17.5 Å². The molecule has 0 spiro atoms. The van der Waals surface area contributed by atoms with Crippen LogP contribution in [0.5, 0.6) is 5.75 Å². The minimum Gasteiger partial charge on any atom is -0.405 e. The molecule has 0 radical (unpaired) electrons. The van der Waals surface area contributed by atoms with Crippen LogP contribution in [0, 0.1) is 11.6 Å². The lowest BCUT2D eigenvalue weighted by molar-refractivity contribution is 0.100. The van der Waals surface area contributed by atoms with Crippen molar-refractivity contribution in [1.29, 1.82) is 0 Å². The molecule has 0 aliphatic carbocycles. The van der Waals surface area contributed by atoms with Crippen molar-refractivity contribution in [3.05, 3.63) is 53.9 Å². The number of anilines is 1. The van der Waals surface area contributed by atoms with Gasteiger partial charge >= 0.3 is 6.09 Å². The third kappa shape index (κ3) is 4.34. The molecule has 1 aliphatic heterocycles. The van der Waals surface area contributed by atoms with Gasteiger partial charge in [0.25, 0.3) is 0 Å². The molecule has 170 valence electrons. The van der Waals surface area contributed by atoms with Gasteiger partial charge in [0.15, 0.2) is 5.75 Å². The monoisotopic (exact) mass is 447 g/mol. The number of aliphatic hydroxyl groups excluding tert-OH is 2. The molecule has 0 unspecified atom stereocenters. The molecule has 4 rings (SSSR count). The summed E-state index contributed by atoms with van der Waals surface area (Å²) in [4.78, 5) is 18.6. The molecule has 0 saturated carbocycles. The molecule has 2 aromatic heterocycles. The first kappa shape index (κ1) is 21.9. The van der Waals surface area contributed by atoms with E-state index in [2.05, 4.69) is 15.4 Å². The van der Waals surface area contributed by atoms with Crippen molar-refractivity contribution in [3.8, 4) is 5.75 Å². The number of carbonyl (C=O) groups is 1. The van der Waals surface area contributed by atoms with Crippen molar-refractivity contribution >= 4 is 17.6 Å². The first-order valence-corrected chi connectivity index (χ1v) is 10.2. The van der Waals surface area contributed by atoms with E-state index in [1.165, 1.54) is 23.7 Å². The zero-order chi connectivity index (χ0) is 22.8. The molecule has 11 heteroatoms. The number of benzene rings is 1.